The third kappa shape index (κ3) is 2.36. The summed E-state index contributed by atoms with van der Waals surface area (Å²) in [5.41, 5.74) is 0.645. The molecule has 2 aromatic rings. The summed E-state index contributed by atoms with van der Waals surface area (Å²) in [6, 6.07) is 12.4. The third-order valence-corrected chi connectivity index (χ3v) is 2.76. The molecule has 20 heavy (non-hydrogen) atoms. The predicted molar refractivity (Wildman–Crippen MR) is 71.7 cm³/mol. The number of aromatic nitrogens is 2. The van der Waals surface area contributed by atoms with Crippen molar-refractivity contribution in [1.82, 2.24) is 9.55 Å². The standard InChI is InChI=1S/C14H11N5O/c1-2-19-12(9-16)11(8-15)17-14(19)18-13(20)10-6-4-3-5-7-10/h3-7H,2H2,1H3,(H,17,18,20). The highest BCUT2D eigenvalue weighted by Crippen LogP contribution is 2.15. The summed E-state index contributed by atoms with van der Waals surface area (Å²) in [6.07, 6.45) is 0. The average Bonchev–Trinajstić information content (AvgIpc) is 2.84. The maximum Gasteiger partial charge on any atom is 0.257 e. The van der Waals surface area contributed by atoms with Crippen LogP contribution < -0.4 is 5.32 Å². The zero-order chi connectivity index (χ0) is 14.5. The van der Waals surface area contributed by atoms with Gasteiger partial charge in [-0.05, 0) is 19.1 Å². The van der Waals surface area contributed by atoms with E-state index in [4.69, 9.17) is 10.5 Å². The lowest BCUT2D eigenvalue weighted by Gasteiger charge is -2.07. The van der Waals surface area contributed by atoms with Crippen LogP contribution in [0, 0.1) is 22.7 Å². The molecule has 1 aromatic carbocycles. The van der Waals surface area contributed by atoms with Crippen molar-refractivity contribution >= 4 is 11.9 Å². The third-order valence-electron chi connectivity index (χ3n) is 2.76. The molecule has 1 aromatic heterocycles. The van der Waals surface area contributed by atoms with Crippen molar-refractivity contribution in [3.05, 3.63) is 47.3 Å². The van der Waals surface area contributed by atoms with Crippen molar-refractivity contribution in [1.29, 1.82) is 10.5 Å². The Balaban J connectivity index is 2.36. The Morgan fingerprint density at radius 3 is 2.55 bits per heavy atom. The maximum atomic E-state index is 12.0. The smallest absolute Gasteiger partial charge is 0.257 e. The van der Waals surface area contributed by atoms with E-state index < -0.39 is 0 Å². The molecule has 0 fully saturated rings. The van der Waals surface area contributed by atoms with Gasteiger partial charge in [-0.15, -0.1) is 0 Å². The molecule has 0 saturated heterocycles. The Morgan fingerprint density at radius 2 is 2.00 bits per heavy atom. The quantitative estimate of drug-likeness (QED) is 0.916. The van der Waals surface area contributed by atoms with Crippen molar-refractivity contribution in [2.45, 2.75) is 13.5 Å². The lowest BCUT2D eigenvalue weighted by molar-refractivity contribution is 0.102. The van der Waals surface area contributed by atoms with Gasteiger partial charge in [-0.1, -0.05) is 18.2 Å². The fraction of sp³-hybridized carbons (Fsp3) is 0.143. The van der Waals surface area contributed by atoms with Crippen LogP contribution in [0.25, 0.3) is 0 Å². The van der Waals surface area contributed by atoms with Crippen LogP contribution in [0.3, 0.4) is 0 Å². The minimum absolute atomic E-state index is 0.0118. The van der Waals surface area contributed by atoms with E-state index in [1.54, 1.807) is 24.3 Å². The van der Waals surface area contributed by atoms with Gasteiger partial charge in [0.1, 0.15) is 12.1 Å². The zero-order valence-electron chi connectivity index (χ0n) is 10.8. The van der Waals surface area contributed by atoms with Crippen LogP contribution in [0.1, 0.15) is 28.7 Å². The molecule has 0 aliphatic rings. The van der Waals surface area contributed by atoms with Crippen molar-refractivity contribution in [2.75, 3.05) is 5.32 Å². The van der Waals surface area contributed by atoms with E-state index in [0.717, 1.165) is 0 Å². The molecule has 0 saturated carbocycles. The second-order valence-electron chi connectivity index (χ2n) is 3.92. The molecule has 98 valence electrons. The van der Waals surface area contributed by atoms with Gasteiger partial charge in [0, 0.05) is 12.1 Å². The fourth-order valence-electron chi connectivity index (χ4n) is 1.81. The maximum absolute atomic E-state index is 12.0. The number of benzene rings is 1. The summed E-state index contributed by atoms with van der Waals surface area (Å²) in [5, 5.41) is 20.6. The summed E-state index contributed by atoms with van der Waals surface area (Å²) in [4.78, 5) is 16.0. The van der Waals surface area contributed by atoms with Crippen LogP contribution >= 0.6 is 0 Å². The van der Waals surface area contributed by atoms with E-state index in [9.17, 15) is 4.79 Å². The van der Waals surface area contributed by atoms with Gasteiger partial charge < -0.3 is 4.57 Å². The highest BCUT2D eigenvalue weighted by Gasteiger charge is 2.17. The molecule has 0 aliphatic heterocycles. The number of anilines is 1. The van der Waals surface area contributed by atoms with E-state index in [2.05, 4.69) is 10.3 Å². The van der Waals surface area contributed by atoms with Crippen LogP contribution in [-0.4, -0.2) is 15.5 Å². The summed E-state index contributed by atoms with van der Waals surface area (Å²) >= 11 is 0. The summed E-state index contributed by atoms with van der Waals surface area (Å²) < 4.78 is 1.50. The minimum atomic E-state index is -0.334. The fourth-order valence-corrected chi connectivity index (χ4v) is 1.81. The Labute approximate surface area is 115 Å². The molecule has 0 atom stereocenters. The van der Waals surface area contributed by atoms with Gasteiger partial charge in [0.25, 0.3) is 5.91 Å². The number of nitrogens with one attached hydrogen (secondary N) is 1. The predicted octanol–water partition coefficient (Wildman–Crippen LogP) is 1.90. The van der Waals surface area contributed by atoms with Gasteiger partial charge in [0.15, 0.2) is 11.4 Å². The first-order valence-corrected chi connectivity index (χ1v) is 5.98. The van der Waals surface area contributed by atoms with E-state index in [-0.39, 0.29) is 23.2 Å². The number of imidazole rings is 1. The number of amides is 1. The summed E-state index contributed by atoms with van der Waals surface area (Å²) in [6.45, 7) is 2.24. The molecule has 1 heterocycles. The van der Waals surface area contributed by atoms with E-state index >= 15 is 0 Å². The number of hydrogen-bond donors (Lipinski definition) is 1. The van der Waals surface area contributed by atoms with Gasteiger partial charge in [-0.3, -0.25) is 10.1 Å². The Hall–Kier alpha value is -3.12. The van der Waals surface area contributed by atoms with Crippen molar-refractivity contribution in [2.24, 2.45) is 0 Å². The largest absolute Gasteiger partial charge is 0.301 e. The number of nitrogens with zero attached hydrogens (tertiary/aromatic N) is 4. The Morgan fingerprint density at radius 1 is 1.30 bits per heavy atom. The molecular formula is C14H11N5O. The number of hydrogen-bond acceptors (Lipinski definition) is 4. The van der Waals surface area contributed by atoms with Crippen molar-refractivity contribution in [3.8, 4) is 12.1 Å². The molecule has 0 spiro atoms. The first kappa shape index (κ1) is 13.3. The number of rotatable bonds is 3. The first-order valence-electron chi connectivity index (χ1n) is 5.98. The molecule has 1 N–H and O–H groups in total. The van der Waals surface area contributed by atoms with Crippen molar-refractivity contribution in [3.63, 3.8) is 0 Å². The number of nitriles is 2. The van der Waals surface area contributed by atoms with Crippen LogP contribution in [-0.2, 0) is 6.54 Å². The SMILES string of the molecule is CCn1c(NC(=O)c2ccccc2)nc(C#N)c1C#N. The van der Waals surface area contributed by atoms with E-state index in [1.807, 2.05) is 25.1 Å². The summed E-state index contributed by atoms with van der Waals surface area (Å²) in [5.74, 6) is -0.131. The lowest BCUT2D eigenvalue weighted by Crippen LogP contribution is -2.16. The molecule has 0 bridgehead atoms. The highest BCUT2D eigenvalue weighted by atomic mass is 16.1. The molecule has 2 rings (SSSR count). The van der Waals surface area contributed by atoms with E-state index in [1.165, 1.54) is 4.57 Å². The second kappa shape index (κ2) is 5.68. The minimum Gasteiger partial charge on any atom is -0.301 e. The van der Waals surface area contributed by atoms with E-state index in [0.29, 0.717) is 12.1 Å². The molecule has 1 amide bonds. The van der Waals surface area contributed by atoms with Gasteiger partial charge >= 0.3 is 0 Å². The normalized spacial score (nSPS) is 9.55. The first-order chi connectivity index (χ1) is 9.71. The molecule has 0 radical (unpaired) electrons. The van der Waals surface area contributed by atoms with Crippen LogP contribution in [0.4, 0.5) is 5.95 Å². The van der Waals surface area contributed by atoms with Gasteiger partial charge in [0.05, 0.1) is 0 Å². The zero-order valence-corrected chi connectivity index (χ0v) is 10.8. The number of carbonyl (C=O) groups excluding carboxylic acids is 1. The molecule has 0 unspecified atom stereocenters. The van der Waals surface area contributed by atoms with Crippen LogP contribution in [0.2, 0.25) is 0 Å². The Bertz CT molecular complexity index is 719. The van der Waals surface area contributed by atoms with Gasteiger partial charge in [-0.2, -0.15) is 10.5 Å². The molecule has 6 heteroatoms. The van der Waals surface area contributed by atoms with Gasteiger partial charge in [0.2, 0.25) is 5.95 Å². The van der Waals surface area contributed by atoms with Crippen molar-refractivity contribution < 1.29 is 4.79 Å². The Kier molecular flexibility index (Phi) is 3.78. The van der Waals surface area contributed by atoms with Gasteiger partial charge in [-0.25, -0.2) is 4.98 Å². The molecule has 6 nitrogen and oxygen atoms in total. The van der Waals surface area contributed by atoms with Crippen LogP contribution in [0.5, 0.6) is 0 Å². The number of carbonyl (C=O) groups is 1. The topological polar surface area (TPSA) is 94.5 Å². The highest BCUT2D eigenvalue weighted by molar-refractivity contribution is 6.03. The average molecular weight is 265 g/mol. The molecular weight excluding hydrogens is 254 g/mol. The monoisotopic (exact) mass is 265 g/mol. The van der Waals surface area contributed by atoms with Crippen LogP contribution in [0.15, 0.2) is 30.3 Å². The second-order valence-corrected chi connectivity index (χ2v) is 3.92. The lowest BCUT2D eigenvalue weighted by atomic mass is 10.2. The molecule has 0 aliphatic carbocycles. The summed E-state index contributed by atoms with van der Waals surface area (Å²) in [7, 11) is 0.